The van der Waals surface area contributed by atoms with Crippen LogP contribution in [-0.2, 0) is 16.1 Å². The summed E-state index contributed by atoms with van der Waals surface area (Å²) < 4.78 is 9.29. The Labute approximate surface area is 196 Å². The van der Waals surface area contributed by atoms with E-state index in [1.165, 1.54) is 16.9 Å². The zero-order valence-electron chi connectivity index (χ0n) is 19.5. The van der Waals surface area contributed by atoms with Gasteiger partial charge in [0, 0.05) is 12.7 Å². The van der Waals surface area contributed by atoms with Crippen LogP contribution < -0.4 is 14.9 Å². The lowest BCUT2D eigenvalue weighted by Crippen LogP contribution is -2.40. The van der Waals surface area contributed by atoms with Crippen molar-refractivity contribution in [2.24, 2.45) is 4.99 Å². The highest BCUT2D eigenvalue weighted by atomic mass is 32.1. The average molecular weight is 465 g/mol. The van der Waals surface area contributed by atoms with Crippen LogP contribution in [0.25, 0.3) is 6.08 Å². The first-order valence-corrected chi connectivity index (χ1v) is 12.0. The van der Waals surface area contributed by atoms with Crippen molar-refractivity contribution in [2.75, 3.05) is 6.61 Å². The van der Waals surface area contributed by atoms with E-state index in [0.717, 1.165) is 12.1 Å². The van der Waals surface area contributed by atoms with Gasteiger partial charge in [-0.15, -0.1) is 0 Å². The fraction of sp³-hybridized carbons (Fsp3) is 0.360. The van der Waals surface area contributed by atoms with Crippen LogP contribution in [0.2, 0.25) is 0 Å². The second kappa shape index (κ2) is 9.31. The van der Waals surface area contributed by atoms with Crippen molar-refractivity contribution < 1.29 is 9.53 Å². The molecule has 7 nitrogen and oxygen atoms in total. The first-order valence-electron chi connectivity index (χ1n) is 11.2. The molecule has 0 N–H and O–H groups in total. The van der Waals surface area contributed by atoms with E-state index in [1.807, 2.05) is 48.1 Å². The van der Waals surface area contributed by atoms with E-state index in [2.05, 4.69) is 23.9 Å². The van der Waals surface area contributed by atoms with Crippen LogP contribution in [0.1, 0.15) is 63.4 Å². The van der Waals surface area contributed by atoms with Gasteiger partial charge in [0.2, 0.25) is 0 Å². The van der Waals surface area contributed by atoms with Gasteiger partial charge in [-0.3, -0.25) is 14.0 Å². The number of allylic oxidation sites excluding steroid dienone is 1. The standard InChI is InChI=1S/C25H28N4O3S/c1-6-28-13-12-19(27-28)14-20-23(30)29-22(18-10-8-17(9-11-18)15(3)4)21(24(31)32-7-2)16(5)26-25(29)33-20/h8-15,22H,6-7H2,1-5H3. The van der Waals surface area contributed by atoms with Gasteiger partial charge in [-0.05, 0) is 50.0 Å². The van der Waals surface area contributed by atoms with Crippen LogP contribution in [0.5, 0.6) is 0 Å². The van der Waals surface area contributed by atoms with Gasteiger partial charge < -0.3 is 4.74 Å². The van der Waals surface area contributed by atoms with E-state index < -0.39 is 12.0 Å². The number of aryl methyl sites for hydroxylation is 1. The molecule has 2 aromatic heterocycles. The quantitative estimate of drug-likeness (QED) is 0.525. The van der Waals surface area contributed by atoms with Crippen molar-refractivity contribution in [1.29, 1.82) is 0 Å². The number of aromatic nitrogens is 3. The fourth-order valence-corrected chi connectivity index (χ4v) is 4.97. The van der Waals surface area contributed by atoms with E-state index in [-0.39, 0.29) is 12.2 Å². The van der Waals surface area contributed by atoms with E-state index in [1.54, 1.807) is 24.5 Å². The molecule has 172 valence electrons. The highest BCUT2D eigenvalue weighted by Crippen LogP contribution is 2.31. The monoisotopic (exact) mass is 464 g/mol. The maximum atomic E-state index is 13.6. The van der Waals surface area contributed by atoms with Crippen molar-refractivity contribution in [1.82, 2.24) is 14.3 Å². The van der Waals surface area contributed by atoms with Crippen molar-refractivity contribution >= 4 is 23.4 Å². The lowest BCUT2D eigenvalue weighted by molar-refractivity contribution is -0.139. The minimum absolute atomic E-state index is 0.197. The van der Waals surface area contributed by atoms with Gasteiger partial charge in [0.15, 0.2) is 4.80 Å². The summed E-state index contributed by atoms with van der Waals surface area (Å²) >= 11 is 1.30. The van der Waals surface area contributed by atoms with Crippen LogP contribution in [0, 0.1) is 0 Å². The topological polar surface area (TPSA) is 78.5 Å². The summed E-state index contributed by atoms with van der Waals surface area (Å²) in [5.74, 6) is -0.0709. The van der Waals surface area contributed by atoms with Crippen molar-refractivity contribution in [2.45, 2.75) is 53.1 Å². The number of nitrogens with zero attached hydrogens (tertiary/aromatic N) is 4. The Morgan fingerprint density at radius 3 is 2.55 bits per heavy atom. The summed E-state index contributed by atoms with van der Waals surface area (Å²) in [5, 5.41) is 4.46. The lowest BCUT2D eigenvalue weighted by atomic mass is 9.93. The number of hydrogen-bond acceptors (Lipinski definition) is 6. The number of ether oxygens (including phenoxy) is 1. The number of hydrogen-bond donors (Lipinski definition) is 0. The molecule has 0 fully saturated rings. The van der Waals surface area contributed by atoms with Crippen molar-refractivity contribution in [3.05, 3.63) is 84.3 Å². The van der Waals surface area contributed by atoms with Crippen LogP contribution >= 0.6 is 11.3 Å². The van der Waals surface area contributed by atoms with Gasteiger partial charge in [0.05, 0.1) is 34.1 Å². The minimum atomic E-state index is -0.600. The molecule has 1 aromatic carbocycles. The summed E-state index contributed by atoms with van der Waals surface area (Å²) in [7, 11) is 0. The Bertz CT molecular complexity index is 1390. The summed E-state index contributed by atoms with van der Waals surface area (Å²) in [5.41, 5.74) is 3.51. The highest BCUT2D eigenvalue weighted by molar-refractivity contribution is 7.07. The SMILES string of the molecule is CCOC(=O)C1=C(C)N=c2sc(=Cc3ccn(CC)n3)c(=O)n2C1c1ccc(C(C)C)cc1. The molecule has 3 aromatic rings. The zero-order valence-corrected chi connectivity index (χ0v) is 20.3. The molecule has 8 heteroatoms. The van der Waals surface area contributed by atoms with E-state index in [9.17, 15) is 9.59 Å². The second-order valence-electron chi connectivity index (χ2n) is 8.22. The Kier molecular flexibility index (Phi) is 6.47. The Morgan fingerprint density at radius 2 is 1.94 bits per heavy atom. The molecule has 0 spiro atoms. The molecule has 1 unspecified atom stereocenters. The smallest absolute Gasteiger partial charge is 0.338 e. The highest BCUT2D eigenvalue weighted by Gasteiger charge is 2.33. The molecule has 33 heavy (non-hydrogen) atoms. The molecule has 0 aliphatic carbocycles. The second-order valence-corrected chi connectivity index (χ2v) is 9.23. The summed E-state index contributed by atoms with van der Waals surface area (Å²) in [6, 6.07) is 9.34. The number of rotatable bonds is 6. The van der Waals surface area contributed by atoms with E-state index in [4.69, 9.17) is 4.74 Å². The molecule has 0 amide bonds. The molecule has 4 rings (SSSR count). The first-order chi connectivity index (χ1) is 15.8. The Balaban J connectivity index is 1.91. The number of esters is 1. The number of benzene rings is 1. The molecule has 1 aliphatic heterocycles. The van der Waals surface area contributed by atoms with Gasteiger partial charge >= 0.3 is 5.97 Å². The molecule has 0 bridgehead atoms. The Morgan fingerprint density at radius 1 is 1.21 bits per heavy atom. The van der Waals surface area contributed by atoms with E-state index >= 15 is 0 Å². The number of carbonyl (C=O) groups is 1. The van der Waals surface area contributed by atoms with Gasteiger partial charge in [-0.25, -0.2) is 9.79 Å². The third-order valence-electron chi connectivity index (χ3n) is 5.70. The number of carbonyl (C=O) groups excluding carboxylic acids is 1. The molecule has 0 saturated carbocycles. The van der Waals surface area contributed by atoms with Crippen LogP contribution in [-0.4, -0.2) is 26.9 Å². The summed E-state index contributed by atoms with van der Waals surface area (Å²) in [6.07, 6.45) is 3.66. The predicted molar refractivity (Wildman–Crippen MR) is 129 cm³/mol. The normalized spacial score (nSPS) is 16.2. The fourth-order valence-electron chi connectivity index (χ4n) is 3.93. The number of thiazole rings is 1. The predicted octanol–water partition coefficient (Wildman–Crippen LogP) is 3.14. The summed E-state index contributed by atoms with van der Waals surface area (Å²) in [4.78, 5) is 31.7. The van der Waals surface area contributed by atoms with Gasteiger partial charge in [0.25, 0.3) is 5.56 Å². The lowest BCUT2D eigenvalue weighted by Gasteiger charge is -2.25. The molecule has 1 atom stereocenters. The van der Waals surface area contributed by atoms with Gasteiger partial charge in [0.1, 0.15) is 0 Å². The van der Waals surface area contributed by atoms with E-state index in [0.29, 0.717) is 32.2 Å². The van der Waals surface area contributed by atoms with Crippen LogP contribution in [0.15, 0.2) is 57.6 Å². The molecule has 0 saturated heterocycles. The first kappa shape index (κ1) is 22.9. The largest absolute Gasteiger partial charge is 0.463 e. The van der Waals surface area contributed by atoms with Gasteiger partial charge in [-0.2, -0.15) is 5.10 Å². The molecular formula is C25H28N4O3S. The maximum absolute atomic E-state index is 13.6. The molecule has 1 aliphatic rings. The number of fused-ring (bicyclic) bond motifs is 1. The molecule has 3 heterocycles. The third kappa shape index (κ3) is 4.35. The molecule has 0 radical (unpaired) electrons. The maximum Gasteiger partial charge on any atom is 0.338 e. The Hall–Kier alpha value is -3.26. The van der Waals surface area contributed by atoms with Crippen molar-refractivity contribution in [3.8, 4) is 0 Å². The average Bonchev–Trinajstić information content (AvgIpc) is 3.37. The summed E-state index contributed by atoms with van der Waals surface area (Å²) in [6.45, 7) is 10.8. The minimum Gasteiger partial charge on any atom is -0.463 e. The third-order valence-corrected chi connectivity index (χ3v) is 6.68. The molecular weight excluding hydrogens is 436 g/mol. The zero-order chi connectivity index (χ0) is 23.7. The van der Waals surface area contributed by atoms with Crippen molar-refractivity contribution in [3.63, 3.8) is 0 Å². The van der Waals surface area contributed by atoms with Crippen LogP contribution in [0.4, 0.5) is 0 Å². The van der Waals surface area contributed by atoms with Crippen LogP contribution in [0.3, 0.4) is 0 Å². The van der Waals surface area contributed by atoms with Gasteiger partial charge in [-0.1, -0.05) is 49.4 Å².